The Bertz CT molecular complexity index is 786. The van der Waals surface area contributed by atoms with Crippen molar-refractivity contribution in [3.63, 3.8) is 0 Å². The lowest BCUT2D eigenvalue weighted by atomic mass is 10.2. The van der Waals surface area contributed by atoms with Crippen LogP contribution >= 0.6 is 23.4 Å². The van der Waals surface area contributed by atoms with Crippen LogP contribution in [0.15, 0.2) is 53.7 Å². The average molecular weight is 334 g/mol. The largest absolute Gasteiger partial charge is 0.305 e. The molecule has 0 saturated carbocycles. The van der Waals surface area contributed by atoms with Crippen LogP contribution in [-0.2, 0) is 12.8 Å². The van der Waals surface area contributed by atoms with Crippen molar-refractivity contribution in [3.05, 3.63) is 64.9 Å². The van der Waals surface area contributed by atoms with Gasteiger partial charge in [-0.2, -0.15) is 0 Å². The van der Waals surface area contributed by atoms with E-state index in [4.69, 9.17) is 11.6 Å². The molecule has 1 aromatic heterocycles. The second-order valence-corrected chi connectivity index (χ2v) is 6.13. The summed E-state index contributed by atoms with van der Waals surface area (Å²) in [7, 11) is 1.90. The molecule has 3 nitrogen and oxygen atoms in total. The molecule has 112 valence electrons. The van der Waals surface area contributed by atoms with E-state index in [0.717, 1.165) is 16.5 Å². The Kier molecular flexibility index (Phi) is 4.45. The summed E-state index contributed by atoms with van der Waals surface area (Å²) in [5.41, 5.74) is 1.60. The number of thioether (sulfide) groups is 1. The number of hydrogen-bond donors (Lipinski definition) is 0. The first-order chi connectivity index (χ1) is 10.6. The Morgan fingerprint density at radius 3 is 2.55 bits per heavy atom. The van der Waals surface area contributed by atoms with E-state index in [1.807, 2.05) is 41.9 Å². The fourth-order valence-electron chi connectivity index (χ4n) is 2.05. The van der Waals surface area contributed by atoms with Gasteiger partial charge < -0.3 is 4.57 Å². The molecule has 0 aliphatic rings. The van der Waals surface area contributed by atoms with E-state index >= 15 is 0 Å². The van der Waals surface area contributed by atoms with E-state index in [0.29, 0.717) is 16.3 Å². The molecule has 0 atom stereocenters. The van der Waals surface area contributed by atoms with Crippen LogP contribution in [0.4, 0.5) is 4.39 Å². The van der Waals surface area contributed by atoms with Gasteiger partial charge >= 0.3 is 0 Å². The van der Waals surface area contributed by atoms with Gasteiger partial charge in [-0.05, 0) is 35.9 Å². The zero-order valence-electron chi connectivity index (χ0n) is 11.8. The van der Waals surface area contributed by atoms with Gasteiger partial charge in [0.15, 0.2) is 11.0 Å². The first kappa shape index (κ1) is 15.1. The predicted octanol–water partition coefficient (Wildman–Crippen LogP) is 4.57. The van der Waals surface area contributed by atoms with Gasteiger partial charge in [0.1, 0.15) is 5.82 Å². The van der Waals surface area contributed by atoms with Crippen LogP contribution in [0, 0.1) is 5.82 Å². The van der Waals surface area contributed by atoms with Crippen LogP contribution in [-0.4, -0.2) is 14.8 Å². The molecular weight excluding hydrogens is 321 g/mol. The van der Waals surface area contributed by atoms with Gasteiger partial charge in [-0.3, -0.25) is 0 Å². The van der Waals surface area contributed by atoms with Crippen molar-refractivity contribution in [2.75, 3.05) is 0 Å². The van der Waals surface area contributed by atoms with Crippen LogP contribution < -0.4 is 0 Å². The van der Waals surface area contributed by atoms with Gasteiger partial charge in [-0.25, -0.2) is 4.39 Å². The first-order valence-electron chi connectivity index (χ1n) is 6.66. The van der Waals surface area contributed by atoms with E-state index in [1.54, 1.807) is 12.1 Å². The maximum absolute atomic E-state index is 13.6. The molecule has 6 heteroatoms. The molecule has 1 heterocycles. The smallest absolute Gasteiger partial charge is 0.191 e. The van der Waals surface area contributed by atoms with E-state index in [1.165, 1.54) is 17.8 Å². The van der Waals surface area contributed by atoms with Crippen LogP contribution in [0.5, 0.6) is 0 Å². The molecule has 0 amide bonds. The molecule has 0 saturated heterocycles. The molecule has 0 fully saturated rings. The molecule has 0 aliphatic heterocycles. The molecule has 0 spiro atoms. The third-order valence-corrected chi connectivity index (χ3v) is 4.57. The minimum absolute atomic E-state index is 0.199. The third-order valence-electron chi connectivity index (χ3n) is 3.25. The van der Waals surface area contributed by atoms with Gasteiger partial charge in [0.2, 0.25) is 0 Å². The lowest BCUT2D eigenvalue weighted by Gasteiger charge is -2.05. The fraction of sp³-hybridized carbons (Fsp3) is 0.125. The number of benzene rings is 2. The van der Waals surface area contributed by atoms with Crippen LogP contribution in [0.2, 0.25) is 5.02 Å². The number of rotatable bonds is 4. The van der Waals surface area contributed by atoms with Gasteiger partial charge in [0, 0.05) is 23.4 Å². The quantitative estimate of drug-likeness (QED) is 0.655. The third kappa shape index (κ3) is 3.15. The van der Waals surface area contributed by atoms with Crippen molar-refractivity contribution < 1.29 is 4.39 Å². The van der Waals surface area contributed by atoms with Crippen LogP contribution in [0.1, 0.15) is 5.56 Å². The summed E-state index contributed by atoms with van der Waals surface area (Å²) in [6.45, 7) is 0. The zero-order chi connectivity index (χ0) is 15.5. The van der Waals surface area contributed by atoms with Gasteiger partial charge in [-0.1, -0.05) is 41.6 Å². The Hall–Kier alpha value is -1.85. The monoisotopic (exact) mass is 333 g/mol. The number of halogens is 2. The highest BCUT2D eigenvalue weighted by atomic mass is 35.5. The number of hydrogen-bond acceptors (Lipinski definition) is 3. The highest BCUT2D eigenvalue weighted by Crippen LogP contribution is 2.26. The summed E-state index contributed by atoms with van der Waals surface area (Å²) in [6.07, 6.45) is 0. The maximum Gasteiger partial charge on any atom is 0.191 e. The Labute approximate surface area is 137 Å². The highest BCUT2D eigenvalue weighted by molar-refractivity contribution is 7.98. The summed E-state index contributed by atoms with van der Waals surface area (Å²) < 4.78 is 15.5. The predicted molar refractivity (Wildman–Crippen MR) is 87.4 cm³/mol. The number of aromatic nitrogens is 3. The maximum atomic E-state index is 13.6. The van der Waals surface area contributed by atoms with Crippen LogP contribution in [0.3, 0.4) is 0 Å². The molecular formula is C16H13ClFN3S. The average Bonchev–Trinajstić information content (AvgIpc) is 2.88. The van der Waals surface area contributed by atoms with Crippen molar-refractivity contribution in [1.82, 2.24) is 14.8 Å². The molecule has 22 heavy (non-hydrogen) atoms. The summed E-state index contributed by atoms with van der Waals surface area (Å²) in [5.74, 6) is 1.07. The van der Waals surface area contributed by atoms with Crippen molar-refractivity contribution in [1.29, 1.82) is 0 Å². The molecule has 0 aliphatic carbocycles. The molecule has 0 radical (unpaired) electrons. The second-order valence-electron chi connectivity index (χ2n) is 4.75. The second kappa shape index (κ2) is 6.50. The Morgan fingerprint density at radius 1 is 1.09 bits per heavy atom. The molecule has 0 N–H and O–H groups in total. The van der Waals surface area contributed by atoms with Gasteiger partial charge in [0.25, 0.3) is 0 Å². The van der Waals surface area contributed by atoms with Gasteiger partial charge in [-0.15, -0.1) is 10.2 Å². The summed E-state index contributed by atoms with van der Waals surface area (Å²) >= 11 is 7.35. The van der Waals surface area contributed by atoms with E-state index in [2.05, 4.69) is 10.2 Å². The van der Waals surface area contributed by atoms with Crippen molar-refractivity contribution in [2.45, 2.75) is 10.9 Å². The molecule has 3 aromatic rings. The minimum atomic E-state index is -0.199. The fourth-order valence-corrected chi connectivity index (χ4v) is 3.07. The standard InChI is InChI=1S/C16H13ClFN3S/c1-21-15(11-6-8-13(17)9-7-11)19-20-16(21)22-10-12-4-2-3-5-14(12)18/h2-9H,10H2,1H3. The van der Waals surface area contributed by atoms with Crippen molar-refractivity contribution in [3.8, 4) is 11.4 Å². The van der Waals surface area contributed by atoms with Gasteiger partial charge in [0.05, 0.1) is 0 Å². The van der Waals surface area contributed by atoms with E-state index < -0.39 is 0 Å². The molecule has 3 rings (SSSR count). The summed E-state index contributed by atoms with van der Waals surface area (Å²) in [4.78, 5) is 0. The Balaban J connectivity index is 1.79. The van der Waals surface area contributed by atoms with E-state index in [-0.39, 0.29) is 5.82 Å². The SMILES string of the molecule is Cn1c(SCc2ccccc2F)nnc1-c1ccc(Cl)cc1. The summed E-state index contributed by atoms with van der Waals surface area (Å²) in [6, 6.07) is 14.2. The minimum Gasteiger partial charge on any atom is -0.305 e. The topological polar surface area (TPSA) is 30.7 Å². The van der Waals surface area contributed by atoms with Crippen LogP contribution in [0.25, 0.3) is 11.4 Å². The van der Waals surface area contributed by atoms with E-state index in [9.17, 15) is 4.39 Å². The van der Waals surface area contributed by atoms with Crippen molar-refractivity contribution in [2.24, 2.45) is 7.05 Å². The van der Waals surface area contributed by atoms with Crippen molar-refractivity contribution >= 4 is 23.4 Å². The first-order valence-corrected chi connectivity index (χ1v) is 8.03. The zero-order valence-corrected chi connectivity index (χ0v) is 13.4. The lowest BCUT2D eigenvalue weighted by Crippen LogP contribution is -1.95. The Morgan fingerprint density at radius 2 is 1.82 bits per heavy atom. The summed E-state index contributed by atoms with van der Waals surface area (Å²) in [5, 5.41) is 9.81. The highest BCUT2D eigenvalue weighted by Gasteiger charge is 2.12. The molecule has 2 aromatic carbocycles. The molecule has 0 bridgehead atoms. The normalized spacial score (nSPS) is 10.9. The number of nitrogens with zero attached hydrogens (tertiary/aromatic N) is 3. The lowest BCUT2D eigenvalue weighted by molar-refractivity contribution is 0.617. The molecule has 0 unspecified atom stereocenters.